The summed E-state index contributed by atoms with van der Waals surface area (Å²) in [6, 6.07) is 0. The Morgan fingerprint density at radius 1 is 1.80 bits per heavy atom. The SMILES string of the molecule is C1=NNNC1. The summed E-state index contributed by atoms with van der Waals surface area (Å²) in [5.74, 6) is 0. The largest absolute Gasteiger partial charge is 0.243 e. The molecule has 0 radical (unpaired) electrons. The van der Waals surface area contributed by atoms with Crippen LogP contribution in [-0.4, -0.2) is 12.8 Å². The first kappa shape index (κ1) is 2.66. The van der Waals surface area contributed by atoms with Crippen LogP contribution in [-0.2, 0) is 0 Å². The van der Waals surface area contributed by atoms with Gasteiger partial charge < -0.3 is 0 Å². The first-order valence-electron chi connectivity index (χ1n) is 1.49. The maximum Gasteiger partial charge on any atom is 0.0536 e. The summed E-state index contributed by atoms with van der Waals surface area (Å²) < 4.78 is 0. The molecular formula is C2H5N3. The number of hydrazine groups is 1. The van der Waals surface area contributed by atoms with Gasteiger partial charge in [0.05, 0.1) is 6.54 Å². The van der Waals surface area contributed by atoms with Crippen LogP contribution in [0.1, 0.15) is 0 Å². The standard InChI is InChI=1S/C2H5N3/c1-2-4-5-3-1/h1,4-5H,2H2. The van der Waals surface area contributed by atoms with Crippen LogP contribution in [0.2, 0.25) is 0 Å². The van der Waals surface area contributed by atoms with Gasteiger partial charge in [0.15, 0.2) is 0 Å². The Bertz CT molecular complexity index is 42.9. The predicted octanol–water partition coefficient (Wildman–Crippen LogP) is -0.920. The van der Waals surface area contributed by atoms with Crippen molar-refractivity contribution in [2.45, 2.75) is 0 Å². The molecule has 0 aliphatic carbocycles. The molecule has 1 aliphatic rings. The Labute approximate surface area is 30.0 Å². The molecule has 3 nitrogen and oxygen atoms in total. The van der Waals surface area contributed by atoms with E-state index in [1.807, 2.05) is 0 Å². The minimum atomic E-state index is 0.847. The molecule has 1 aliphatic heterocycles. The number of nitrogens with one attached hydrogen (secondary N) is 2. The number of hydrogen-bond donors (Lipinski definition) is 2. The molecule has 0 unspecified atom stereocenters. The van der Waals surface area contributed by atoms with Crippen LogP contribution in [0.25, 0.3) is 0 Å². The molecule has 1 heterocycles. The lowest BCUT2D eigenvalue weighted by Crippen LogP contribution is -2.19. The van der Waals surface area contributed by atoms with Crippen LogP contribution in [0.5, 0.6) is 0 Å². The molecule has 0 saturated heterocycles. The average Bonchev–Trinajstić information content (AvgIpc) is 1.76. The molecule has 28 valence electrons. The summed E-state index contributed by atoms with van der Waals surface area (Å²) in [5, 5.41) is 3.60. The second kappa shape index (κ2) is 1.03. The van der Waals surface area contributed by atoms with E-state index < -0.39 is 0 Å². The van der Waals surface area contributed by atoms with Crippen LogP contribution < -0.4 is 11.0 Å². The van der Waals surface area contributed by atoms with Crippen LogP contribution in [0.15, 0.2) is 5.10 Å². The van der Waals surface area contributed by atoms with E-state index in [-0.39, 0.29) is 0 Å². The average molecular weight is 71.1 g/mol. The van der Waals surface area contributed by atoms with Gasteiger partial charge in [0.1, 0.15) is 0 Å². The second-order valence-electron chi connectivity index (χ2n) is 0.804. The van der Waals surface area contributed by atoms with E-state index in [0.717, 1.165) is 6.54 Å². The van der Waals surface area contributed by atoms with Gasteiger partial charge in [0.25, 0.3) is 0 Å². The fourth-order valence-electron chi connectivity index (χ4n) is 0.228. The van der Waals surface area contributed by atoms with Crippen LogP contribution in [0.3, 0.4) is 0 Å². The molecule has 0 amide bonds. The molecule has 1 rings (SSSR count). The summed E-state index contributed by atoms with van der Waals surface area (Å²) in [4.78, 5) is 0. The van der Waals surface area contributed by atoms with E-state index in [0.29, 0.717) is 0 Å². The Hall–Kier alpha value is -0.570. The summed E-state index contributed by atoms with van der Waals surface area (Å²) in [7, 11) is 0. The smallest absolute Gasteiger partial charge is 0.0536 e. The lowest BCUT2D eigenvalue weighted by Gasteiger charge is -1.81. The van der Waals surface area contributed by atoms with E-state index in [1.54, 1.807) is 6.21 Å². The molecule has 0 fully saturated rings. The van der Waals surface area contributed by atoms with Crippen molar-refractivity contribution in [2.75, 3.05) is 6.54 Å². The van der Waals surface area contributed by atoms with Gasteiger partial charge in [0.2, 0.25) is 0 Å². The number of hydrazone groups is 1. The first-order chi connectivity index (χ1) is 2.50. The number of nitrogens with zero attached hydrogens (tertiary/aromatic N) is 1. The predicted molar refractivity (Wildman–Crippen MR) is 19.6 cm³/mol. The van der Waals surface area contributed by atoms with E-state index in [9.17, 15) is 0 Å². The molecule has 0 atom stereocenters. The monoisotopic (exact) mass is 71.0 g/mol. The maximum atomic E-state index is 3.60. The highest BCUT2D eigenvalue weighted by atomic mass is 15.6. The molecule has 2 N–H and O–H groups in total. The third kappa shape index (κ3) is 0.357. The minimum Gasteiger partial charge on any atom is -0.243 e. The quantitative estimate of drug-likeness (QED) is 0.387. The molecule has 0 bridgehead atoms. The van der Waals surface area contributed by atoms with E-state index in [4.69, 9.17) is 0 Å². The van der Waals surface area contributed by atoms with Crippen LogP contribution in [0, 0.1) is 0 Å². The van der Waals surface area contributed by atoms with Gasteiger partial charge in [-0.15, -0.1) is 0 Å². The van der Waals surface area contributed by atoms with Gasteiger partial charge in [-0.25, -0.2) is 11.0 Å². The van der Waals surface area contributed by atoms with Gasteiger partial charge >= 0.3 is 0 Å². The highest BCUT2D eigenvalue weighted by Crippen LogP contribution is 1.57. The van der Waals surface area contributed by atoms with Crippen molar-refractivity contribution in [3.05, 3.63) is 0 Å². The van der Waals surface area contributed by atoms with Crippen molar-refractivity contribution in [1.82, 2.24) is 11.0 Å². The van der Waals surface area contributed by atoms with Gasteiger partial charge in [0, 0.05) is 6.21 Å². The fraction of sp³-hybridized carbons (Fsp3) is 0.500. The van der Waals surface area contributed by atoms with Crippen LogP contribution in [0.4, 0.5) is 0 Å². The zero-order chi connectivity index (χ0) is 3.54. The molecule has 0 spiro atoms. The summed E-state index contributed by atoms with van der Waals surface area (Å²) in [5.41, 5.74) is 5.29. The Balaban J connectivity index is 2.32. The van der Waals surface area contributed by atoms with Crippen molar-refractivity contribution >= 4 is 6.21 Å². The molecule has 5 heavy (non-hydrogen) atoms. The summed E-state index contributed by atoms with van der Waals surface area (Å²) in [6.45, 7) is 0.847. The van der Waals surface area contributed by atoms with Crippen molar-refractivity contribution in [3.63, 3.8) is 0 Å². The zero-order valence-corrected chi connectivity index (χ0v) is 2.73. The van der Waals surface area contributed by atoms with Gasteiger partial charge in [-0.3, -0.25) is 0 Å². The van der Waals surface area contributed by atoms with Crippen molar-refractivity contribution in [3.8, 4) is 0 Å². The third-order valence-corrected chi connectivity index (χ3v) is 0.428. The number of rotatable bonds is 0. The van der Waals surface area contributed by atoms with Gasteiger partial charge in [-0.1, -0.05) is 0 Å². The molecule has 0 aromatic heterocycles. The van der Waals surface area contributed by atoms with Crippen molar-refractivity contribution < 1.29 is 0 Å². The van der Waals surface area contributed by atoms with E-state index in [1.165, 1.54) is 0 Å². The Kier molecular flexibility index (Phi) is 0.548. The van der Waals surface area contributed by atoms with Crippen LogP contribution >= 0.6 is 0 Å². The lowest BCUT2D eigenvalue weighted by atomic mass is 10.8. The Morgan fingerprint density at radius 3 is 3.00 bits per heavy atom. The highest BCUT2D eigenvalue weighted by molar-refractivity contribution is 5.60. The molecule has 0 aromatic carbocycles. The zero-order valence-electron chi connectivity index (χ0n) is 2.73. The highest BCUT2D eigenvalue weighted by Gasteiger charge is 1.80. The number of hydrogen-bond acceptors (Lipinski definition) is 3. The molecule has 3 heteroatoms. The molecule has 0 aromatic rings. The van der Waals surface area contributed by atoms with Gasteiger partial charge in [-0.05, 0) is 0 Å². The van der Waals surface area contributed by atoms with E-state index in [2.05, 4.69) is 16.1 Å². The second-order valence-corrected chi connectivity index (χ2v) is 0.804. The summed E-state index contributed by atoms with van der Waals surface area (Å²) in [6.07, 6.45) is 1.76. The minimum absolute atomic E-state index is 0.847. The third-order valence-electron chi connectivity index (χ3n) is 0.428. The molecule has 0 saturated carbocycles. The van der Waals surface area contributed by atoms with E-state index >= 15 is 0 Å². The first-order valence-corrected chi connectivity index (χ1v) is 1.49. The summed E-state index contributed by atoms with van der Waals surface area (Å²) >= 11 is 0. The topological polar surface area (TPSA) is 36.4 Å². The molecular weight excluding hydrogens is 66.0 g/mol. The van der Waals surface area contributed by atoms with Crippen molar-refractivity contribution in [1.29, 1.82) is 0 Å². The Morgan fingerprint density at radius 2 is 2.80 bits per heavy atom. The fourth-order valence-corrected chi connectivity index (χ4v) is 0.228. The normalized spacial score (nSPS) is 19.2. The maximum absolute atomic E-state index is 3.60. The van der Waals surface area contributed by atoms with Gasteiger partial charge in [-0.2, -0.15) is 5.10 Å². The lowest BCUT2D eigenvalue weighted by molar-refractivity contribution is 0.653. The van der Waals surface area contributed by atoms with Crippen molar-refractivity contribution in [2.24, 2.45) is 5.10 Å².